The minimum atomic E-state index is -0.242. The van der Waals surface area contributed by atoms with E-state index in [4.69, 9.17) is 4.74 Å². The van der Waals surface area contributed by atoms with Gasteiger partial charge in [-0.05, 0) is 67.1 Å². The van der Waals surface area contributed by atoms with Crippen LogP contribution in [0.15, 0.2) is 48.2 Å². The van der Waals surface area contributed by atoms with Gasteiger partial charge in [0, 0.05) is 12.1 Å². The number of fused-ring (bicyclic) bond motifs is 2. The number of rotatable bonds is 3. The molecule has 2 atom stereocenters. The summed E-state index contributed by atoms with van der Waals surface area (Å²) in [7, 11) is 0. The van der Waals surface area contributed by atoms with E-state index in [9.17, 15) is 4.79 Å². The highest BCUT2D eigenvalue weighted by atomic mass is 16.5. The van der Waals surface area contributed by atoms with Crippen LogP contribution in [0.2, 0.25) is 0 Å². The van der Waals surface area contributed by atoms with Gasteiger partial charge in [-0.25, -0.2) is 0 Å². The Balaban J connectivity index is 1.83. The van der Waals surface area contributed by atoms with Crippen LogP contribution in [-0.2, 0) is 4.79 Å². The van der Waals surface area contributed by atoms with E-state index >= 15 is 0 Å². The number of carbonyl (C=O) groups is 1. The molecule has 1 heterocycles. The Morgan fingerprint density at radius 1 is 1.07 bits per heavy atom. The number of benzene rings is 2. The molecule has 1 aliphatic heterocycles. The maximum absolute atomic E-state index is 13.3. The molecule has 4 rings (SSSR count). The first-order chi connectivity index (χ1) is 13.8. The van der Waals surface area contributed by atoms with Crippen LogP contribution in [0.5, 0.6) is 5.75 Å². The van der Waals surface area contributed by atoms with Gasteiger partial charge in [-0.1, -0.05) is 32.1 Å². The largest absolute Gasteiger partial charge is 0.494 e. The van der Waals surface area contributed by atoms with Crippen LogP contribution in [0.1, 0.15) is 49.9 Å². The summed E-state index contributed by atoms with van der Waals surface area (Å²) in [6.07, 6.45) is 2.79. The van der Waals surface area contributed by atoms with Crippen molar-refractivity contribution in [2.24, 2.45) is 11.3 Å². The number of Topliss-reactive ketones (excluding diaryl/α,β-unsaturated/α-hetero) is 1. The second-order valence-corrected chi connectivity index (χ2v) is 8.94. The molecule has 2 aromatic carbocycles. The number of nitrogens with one attached hydrogen (secondary N) is 2. The summed E-state index contributed by atoms with van der Waals surface area (Å²) in [6, 6.07) is 12.3. The SMILES string of the molecule is CCOc1ccc(C2Nc3cc(C)c(C)cc3NC3=CC(C)(C)CC(=O)C32)cc1. The number of hydrogen-bond acceptors (Lipinski definition) is 4. The second-order valence-electron chi connectivity index (χ2n) is 8.94. The number of allylic oxidation sites excluding steroid dienone is 1. The minimum absolute atomic E-state index is 0.128. The Bertz CT molecular complexity index is 973. The van der Waals surface area contributed by atoms with Crippen LogP contribution in [0.4, 0.5) is 11.4 Å². The molecule has 2 aliphatic rings. The highest BCUT2D eigenvalue weighted by Gasteiger charge is 2.41. The summed E-state index contributed by atoms with van der Waals surface area (Å²) in [6.45, 7) is 11.1. The molecule has 0 saturated carbocycles. The summed E-state index contributed by atoms with van der Waals surface area (Å²) < 4.78 is 5.60. The van der Waals surface area contributed by atoms with E-state index in [0.717, 1.165) is 28.4 Å². The molecule has 0 aromatic heterocycles. The van der Waals surface area contributed by atoms with Gasteiger partial charge in [-0.3, -0.25) is 4.79 Å². The zero-order chi connectivity index (χ0) is 20.8. The van der Waals surface area contributed by atoms with Crippen molar-refractivity contribution in [1.29, 1.82) is 0 Å². The number of ether oxygens (including phenoxy) is 1. The molecule has 0 spiro atoms. The van der Waals surface area contributed by atoms with Gasteiger partial charge < -0.3 is 15.4 Å². The summed E-state index contributed by atoms with van der Waals surface area (Å²) >= 11 is 0. The lowest BCUT2D eigenvalue weighted by molar-refractivity contribution is -0.124. The summed E-state index contributed by atoms with van der Waals surface area (Å²) in [5, 5.41) is 7.29. The Morgan fingerprint density at radius 3 is 2.38 bits per heavy atom. The second kappa shape index (κ2) is 7.25. The van der Waals surface area contributed by atoms with Gasteiger partial charge in [0.25, 0.3) is 0 Å². The number of carbonyl (C=O) groups excluding carboxylic acids is 1. The number of anilines is 2. The van der Waals surface area contributed by atoms with Crippen molar-refractivity contribution in [3.05, 3.63) is 64.9 Å². The Morgan fingerprint density at radius 2 is 1.72 bits per heavy atom. The highest BCUT2D eigenvalue weighted by Crippen LogP contribution is 2.45. The third-order valence-corrected chi connectivity index (χ3v) is 5.97. The topological polar surface area (TPSA) is 50.4 Å². The Hall–Kier alpha value is -2.75. The van der Waals surface area contributed by atoms with Crippen LogP contribution in [0.25, 0.3) is 0 Å². The van der Waals surface area contributed by atoms with E-state index in [0.29, 0.717) is 13.0 Å². The van der Waals surface area contributed by atoms with Crippen molar-refractivity contribution >= 4 is 17.2 Å². The Kier molecular flexibility index (Phi) is 4.89. The molecule has 0 bridgehead atoms. The molecule has 0 saturated heterocycles. The van der Waals surface area contributed by atoms with Crippen LogP contribution in [0, 0.1) is 25.2 Å². The Labute approximate surface area is 173 Å². The third-order valence-electron chi connectivity index (χ3n) is 5.97. The smallest absolute Gasteiger partial charge is 0.145 e. The minimum Gasteiger partial charge on any atom is -0.494 e. The van der Waals surface area contributed by atoms with Gasteiger partial charge in [0.1, 0.15) is 11.5 Å². The molecular formula is C25H30N2O2. The predicted octanol–water partition coefficient (Wildman–Crippen LogP) is 5.78. The molecule has 2 unspecified atom stereocenters. The maximum Gasteiger partial charge on any atom is 0.145 e. The lowest BCUT2D eigenvalue weighted by atomic mass is 9.72. The monoisotopic (exact) mass is 390 g/mol. The van der Waals surface area contributed by atoms with Gasteiger partial charge in [0.15, 0.2) is 0 Å². The van der Waals surface area contributed by atoms with Crippen LogP contribution in [-0.4, -0.2) is 12.4 Å². The van der Waals surface area contributed by atoms with E-state index in [2.05, 4.69) is 68.7 Å². The zero-order valence-corrected chi connectivity index (χ0v) is 17.9. The van der Waals surface area contributed by atoms with Gasteiger partial charge in [-0.2, -0.15) is 0 Å². The van der Waals surface area contributed by atoms with Gasteiger partial charge >= 0.3 is 0 Å². The van der Waals surface area contributed by atoms with Crippen molar-refractivity contribution in [2.45, 2.75) is 47.1 Å². The quantitative estimate of drug-likeness (QED) is 0.697. The molecule has 4 heteroatoms. The number of aryl methyl sites for hydroxylation is 2. The van der Waals surface area contributed by atoms with Crippen molar-refractivity contribution in [3.63, 3.8) is 0 Å². The molecule has 29 heavy (non-hydrogen) atoms. The fourth-order valence-electron chi connectivity index (χ4n) is 4.43. The summed E-state index contributed by atoms with van der Waals surface area (Å²) in [4.78, 5) is 13.3. The molecule has 0 fully saturated rings. The fourth-order valence-corrected chi connectivity index (χ4v) is 4.43. The molecule has 2 aromatic rings. The summed E-state index contributed by atoms with van der Waals surface area (Å²) in [5.74, 6) is 0.878. The zero-order valence-electron chi connectivity index (χ0n) is 17.9. The van der Waals surface area contributed by atoms with Gasteiger partial charge in [0.05, 0.1) is 29.9 Å². The van der Waals surface area contributed by atoms with E-state index in [1.54, 1.807) is 0 Å². The van der Waals surface area contributed by atoms with Crippen molar-refractivity contribution < 1.29 is 9.53 Å². The number of hydrogen-bond donors (Lipinski definition) is 2. The average Bonchev–Trinajstić information content (AvgIpc) is 2.79. The molecule has 1 aliphatic carbocycles. The molecule has 0 radical (unpaired) electrons. The fraction of sp³-hybridized carbons (Fsp3) is 0.400. The normalized spacial score (nSPS) is 22.4. The standard InChI is InChI=1S/C25H30N2O2/c1-6-29-18-9-7-17(8-10-18)24-23-21(13-25(4,5)14-22(23)28)26-19-11-15(2)16(3)12-20(19)27-24/h7-13,23-24,26-27H,6,14H2,1-5H3. The molecule has 2 N–H and O–H groups in total. The predicted molar refractivity (Wildman–Crippen MR) is 118 cm³/mol. The van der Waals surface area contributed by atoms with Crippen LogP contribution >= 0.6 is 0 Å². The van der Waals surface area contributed by atoms with Crippen LogP contribution in [0.3, 0.4) is 0 Å². The van der Waals surface area contributed by atoms with Crippen molar-refractivity contribution in [3.8, 4) is 5.75 Å². The first-order valence-corrected chi connectivity index (χ1v) is 10.4. The summed E-state index contributed by atoms with van der Waals surface area (Å²) in [5.41, 5.74) is 6.47. The molecule has 0 amide bonds. The number of ketones is 1. The van der Waals surface area contributed by atoms with Gasteiger partial charge in [0.2, 0.25) is 0 Å². The average molecular weight is 391 g/mol. The lowest BCUT2D eigenvalue weighted by Crippen LogP contribution is -2.36. The van der Waals surface area contributed by atoms with E-state index in [1.165, 1.54) is 11.1 Å². The van der Waals surface area contributed by atoms with E-state index in [1.807, 2.05) is 19.1 Å². The molecule has 4 nitrogen and oxygen atoms in total. The lowest BCUT2D eigenvalue weighted by Gasteiger charge is -2.35. The van der Waals surface area contributed by atoms with Gasteiger partial charge in [-0.15, -0.1) is 0 Å². The first kappa shape index (κ1) is 19.6. The van der Waals surface area contributed by atoms with Crippen molar-refractivity contribution in [2.75, 3.05) is 17.2 Å². The van der Waals surface area contributed by atoms with Crippen LogP contribution < -0.4 is 15.4 Å². The highest BCUT2D eigenvalue weighted by molar-refractivity contribution is 5.90. The maximum atomic E-state index is 13.3. The van der Waals surface area contributed by atoms with E-state index < -0.39 is 0 Å². The first-order valence-electron chi connectivity index (χ1n) is 10.4. The molecular weight excluding hydrogens is 360 g/mol. The van der Waals surface area contributed by atoms with Crippen molar-refractivity contribution in [1.82, 2.24) is 0 Å². The van der Waals surface area contributed by atoms with E-state index in [-0.39, 0.29) is 23.2 Å². The molecule has 152 valence electrons. The third kappa shape index (κ3) is 3.76.